The SMILES string of the molecule is COc1ccc(C(=O)Nc2ccccc2Br)cc1Cl. The minimum Gasteiger partial charge on any atom is -0.495 e. The van der Waals surface area contributed by atoms with Gasteiger partial charge in [-0.3, -0.25) is 4.79 Å². The molecule has 1 N–H and O–H groups in total. The maximum Gasteiger partial charge on any atom is 0.255 e. The van der Waals surface area contributed by atoms with Gasteiger partial charge >= 0.3 is 0 Å². The molecule has 19 heavy (non-hydrogen) atoms. The molecule has 1 amide bonds. The Morgan fingerprint density at radius 2 is 2.00 bits per heavy atom. The molecule has 0 spiro atoms. The third-order valence-corrected chi connectivity index (χ3v) is 3.52. The van der Waals surface area contributed by atoms with Gasteiger partial charge in [-0.2, -0.15) is 0 Å². The van der Waals surface area contributed by atoms with Gasteiger partial charge in [0.05, 0.1) is 17.8 Å². The van der Waals surface area contributed by atoms with Crippen LogP contribution in [-0.2, 0) is 0 Å². The van der Waals surface area contributed by atoms with Crippen LogP contribution < -0.4 is 10.1 Å². The lowest BCUT2D eigenvalue weighted by molar-refractivity contribution is 0.102. The first-order chi connectivity index (χ1) is 9.11. The van der Waals surface area contributed by atoms with Crippen LogP contribution in [0.5, 0.6) is 5.75 Å². The van der Waals surface area contributed by atoms with Crippen LogP contribution in [0.25, 0.3) is 0 Å². The number of ether oxygens (including phenoxy) is 1. The smallest absolute Gasteiger partial charge is 0.255 e. The van der Waals surface area contributed by atoms with Crippen LogP contribution in [0.1, 0.15) is 10.4 Å². The van der Waals surface area contributed by atoms with E-state index in [0.29, 0.717) is 22.0 Å². The first kappa shape index (κ1) is 13.9. The second-order valence-corrected chi connectivity index (χ2v) is 5.04. The summed E-state index contributed by atoms with van der Waals surface area (Å²) in [5.41, 5.74) is 1.18. The van der Waals surface area contributed by atoms with Crippen LogP contribution in [-0.4, -0.2) is 13.0 Å². The first-order valence-corrected chi connectivity index (χ1v) is 6.68. The van der Waals surface area contributed by atoms with Gasteiger partial charge in [-0.15, -0.1) is 0 Å². The molecule has 2 rings (SSSR count). The van der Waals surface area contributed by atoms with Crippen molar-refractivity contribution in [3.63, 3.8) is 0 Å². The van der Waals surface area contributed by atoms with Crippen molar-refractivity contribution in [2.24, 2.45) is 0 Å². The predicted molar refractivity (Wildman–Crippen MR) is 80.1 cm³/mol. The molecule has 3 nitrogen and oxygen atoms in total. The van der Waals surface area contributed by atoms with Crippen molar-refractivity contribution >= 4 is 39.1 Å². The molecule has 0 aromatic heterocycles. The number of benzene rings is 2. The highest BCUT2D eigenvalue weighted by Gasteiger charge is 2.10. The number of methoxy groups -OCH3 is 1. The van der Waals surface area contributed by atoms with Crippen molar-refractivity contribution in [1.82, 2.24) is 0 Å². The average Bonchev–Trinajstić information content (AvgIpc) is 2.41. The van der Waals surface area contributed by atoms with Crippen molar-refractivity contribution in [3.8, 4) is 5.75 Å². The molecule has 0 aliphatic carbocycles. The molecular formula is C14H11BrClNO2. The van der Waals surface area contributed by atoms with Crippen LogP contribution in [0.2, 0.25) is 5.02 Å². The Kier molecular flexibility index (Phi) is 4.45. The Morgan fingerprint density at radius 3 is 2.63 bits per heavy atom. The topological polar surface area (TPSA) is 38.3 Å². The highest BCUT2D eigenvalue weighted by molar-refractivity contribution is 9.10. The molecule has 0 heterocycles. The monoisotopic (exact) mass is 339 g/mol. The summed E-state index contributed by atoms with van der Waals surface area (Å²) in [7, 11) is 1.53. The number of carbonyl (C=O) groups excluding carboxylic acids is 1. The maximum absolute atomic E-state index is 12.1. The normalized spacial score (nSPS) is 10.1. The molecule has 0 saturated heterocycles. The minimum atomic E-state index is -0.226. The molecule has 2 aromatic carbocycles. The lowest BCUT2D eigenvalue weighted by Crippen LogP contribution is -2.12. The molecule has 0 saturated carbocycles. The van der Waals surface area contributed by atoms with Gasteiger partial charge in [0, 0.05) is 10.0 Å². The number of para-hydroxylation sites is 1. The molecule has 0 atom stereocenters. The van der Waals surface area contributed by atoms with Crippen molar-refractivity contribution in [2.75, 3.05) is 12.4 Å². The van der Waals surface area contributed by atoms with Crippen LogP contribution in [0.4, 0.5) is 5.69 Å². The van der Waals surface area contributed by atoms with E-state index in [9.17, 15) is 4.79 Å². The molecular weight excluding hydrogens is 330 g/mol. The standard InChI is InChI=1S/C14H11BrClNO2/c1-19-13-7-6-9(8-11(13)16)14(18)17-12-5-3-2-4-10(12)15/h2-8H,1H3,(H,17,18). The quantitative estimate of drug-likeness (QED) is 0.901. The number of anilines is 1. The summed E-state index contributed by atoms with van der Waals surface area (Å²) < 4.78 is 5.87. The number of rotatable bonds is 3. The number of hydrogen-bond donors (Lipinski definition) is 1. The Balaban J connectivity index is 2.21. The zero-order valence-corrected chi connectivity index (χ0v) is 12.5. The van der Waals surface area contributed by atoms with E-state index in [2.05, 4.69) is 21.2 Å². The Bertz CT molecular complexity index is 616. The molecule has 0 aliphatic heterocycles. The van der Waals surface area contributed by atoms with E-state index < -0.39 is 0 Å². The zero-order chi connectivity index (χ0) is 13.8. The molecule has 2 aromatic rings. The number of carbonyl (C=O) groups is 1. The van der Waals surface area contributed by atoms with Gasteiger partial charge in [0.2, 0.25) is 0 Å². The highest BCUT2D eigenvalue weighted by Crippen LogP contribution is 2.26. The number of halogens is 2. The fourth-order valence-corrected chi connectivity index (χ4v) is 2.21. The lowest BCUT2D eigenvalue weighted by Gasteiger charge is -2.08. The highest BCUT2D eigenvalue weighted by atomic mass is 79.9. The van der Waals surface area contributed by atoms with Crippen molar-refractivity contribution < 1.29 is 9.53 Å². The Morgan fingerprint density at radius 1 is 1.26 bits per heavy atom. The Hall–Kier alpha value is -1.52. The summed E-state index contributed by atoms with van der Waals surface area (Å²) in [6, 6.07) is 12.3. The number of amides is 1. The fraction of sp³-hybridized carbons (Fsp3) is 0.0714. The average molecular weight is 341 g/mol. The third-order valence-electron chi connectivity index (χ3n) is 2.54. The third kappa shape index (κ3) is 3.28. The van der Waals surface area contributed by atoms with Gasteiger partial charge < -0.3 is 10.1 Å². The molecule has 0 fully saturated rings. The molecule has 0 bridgehead atoms. The molecule has 5 heteroatoms. The van der Waals surface area contributed by atoms with Gasteiger partial charge in [-0.05, 0) is 46.3 Å². The lowest BCUT2D eigenvalue weighted by atomic mass is 10.2. The van der Waals surface area contributed by atoms with Gasteiger partial charge in [-0.1, -0.05) is 23.7 Å². The van der Waals surface area contributed by atoms with E-state index >= 15 is 0 Å². The summed E-state index contributed by atoms with van der Waals surface area (Å²) in [6.07, 6.45) is 0. The molecule has 0 aliphatic rings. The van der Waals surface area contributed by atoms with Crippen LogP contribution >= 0.6 is 27.5 Å². The van der Waals surface area contributed by atoms with Crippen molar-refractivity contribution in [2.45, 2.75) is 0 Å². The molecule has 0 unspecified atom stereocenters. The first-order valence-electron chi connectivity index (χ1n) is 5.51. The van der Waals surface area contributed by atoms with E-state index in [1.807, 2.05) is 24.3 Å². The number of hydrogen-bond acceptors (Lipinski definition) is 2. The summed E-state index contributed by atoms with van der Waals surface area (Å²) in [6.45, 7) is 0. The molecule has 98 valence electrons. The number of nitrogens with one attached hydrogen (secondary N) is 1. The zero-order valence-electron chi connectivity index (χ0n) is 10.1. The van der Waals surface area contributed by atoms with E-state index in [1.54, 1.807) is 18.2 Å². The summed E-state index contributed by atoms with van der Waals surface area (Å²) in [4.78, 5) is 12.1. The van der Waals surface area contributed by atoms with Gasteiger partial charge in [0.25, 0.3) is 5.91 Å². The van der Waals surface area contributed by atoms with Crippen molar-refractivity contribution in [3.05, 3.63) is 57.5 Å². The summed E-state index contributed by atoms with van der Waals surface area (Å²) in [5.74, 6) is 0.315. The summed E-state index contributed by atoms with van der Waals surface area (Å²) >= 11 is 9.37. The van der Waals surface area contributed by atoms with Crippen LogP contribution in [0.3, 0.4) is 0 Å². The fourth-order valence-electron chi connectivity index (χ4n) is 1.56. The molecule has 0 radical (unpaired) electrons. The Labute approximate surface area is 124 Å². The van der Waals surface area contributed by atoms with E-state index in [0.717, 1.165) is 4.47 Å². The van der Waals surface area contributed by atoms with E-state index in [-0.39, 0.29) is 5.91 Å². The van der Waals surface area contributed by atoms with Gasteiger partial charge in [0.15, 0.2) is 0 Å². The van der Waals surface area contributed by atoms with Crippen molar-refractivity contribution in [1.29, 1.82) is 0 Å². The summed E-state index contributed by atoms with van der Waals surface area (Å²) in [5, 5.41) is 3.21. The predicted octanol–water partition coefficient (Wildman–Crippen LogP) is 4.36. The van der Waals surface area contributed by atoms with Gasteiger partial charge in [0.1, 0.15) is 5.75 Å². The van der Waals surface area contributed by atoms with Crippen LogP contribution in [0, 0.1) is 0 Å². The van der Waals surface area contributed by atoms with Crippen LogP contribution in [0.15, 0.2) is 46.9 Å². The maximum atomic E-state index is 12.1. The van der Waals surface area contributed by atoms with E-state index in [1.165, 1.54) is 7.11 Å². The second kappa shape index (κ2) is 6.08. The van der Waals surface area contributed by atoms with E-state index in [4.69, 9.17) is 16.3 Å². The second-order valence-electron chi connectivity index (χ2n) is 3.78. The minimum absolute atomic E-state index is 0.226. The van der Waals surface area contributed by atoms with Gasteiger partial charge in [-0.25, -0.2) is 0 Å². The largest absolute Gasteiger partial charge is 0.495 e.